The number of aliphatic hydroxyl groups excluding tert-OH is 1. The smallest absolute Gasteiger partial charge is 0.127 e. The molecular weight excluding hydrogens is 229 g/mol. The maximum atomic E-state index is 14.1. The van der Waals surface area contributed by atoms with Gasteiger partial charge in [-0.25, -0.2) is 4.39 Å². The fourth-order valence-corrected chi connectivity index (χ4v) is 3.21. The van der Waals surface area contributed by atoms with Crippen LogP contribution in [0.5, 0.6) is 0 Å². The lowest BCUT2D eigenvalue weighted by Crippen LogP contribution is -2.48. The molecule has 1 aliphatic carbocycles. The summed E-state index contributed by atoms with van der Waals surface area (Å²) in [6.45, 7) is 2.04. The molecule has 0 aliphatic heterocycles. The van der Waals surface area contributed by atoms with Crippen molar-refractivity contribution in [1.82, 2.24) is 0 Å². The highest BCUT2D eigenvalue weighted by molar-refractivity contribution is 5.30. The van der Waals surface area contributed by atoms with Gasteiger partial charge in [-0.3, -0.25) is 0 Å². The molecule has 1 aromatic rings. The summed E-state index contributed by atoms with van der Waals surface area (Å²) >= 11 is 0. The molecule has 1 atom stereocenters. The molecule has 0 amide bonds. The van der Waals surface area contributed by atoms with E-state index >= 15 is 0 Å². The van der Waals surface area contributed by atoms with Crippen LogP contribution in [0.25, 0.3) is 0 Å². The first-order chi connectivity index (χ1) is 8.60. The largest absolute Gasteiger partial charge is 0.393 e. The fourth-order valence-electron chi connectivity index (χ4n) is 3.21. The van der Waals surface area contributed by atoms with Gasteiger partial charge in [-0.1, -0.05) is 25.1 Å². The van der Waals surface area contributed by atoms with E-state index in [1.807, 2.05) is 19.1 Å². The topological polar surface area (TPSA) is 46.2 Å². The van der Waals surface area contributed by atoms with Crippen molar-refractivity contribution in [3.63, 3.8) is 0 Å². The molecule has 1 unspecified atom stereocenters. The Bertz CT molecular complexity index is 399. The highest BCUT2D eigenvalue weighted by atomic mass is 19.1. The molecule has 0 saturated heterocycles. The predicted octanol–water partition coefficient (Wildman–Crippen LogP) is 2.74. The number of nitrogens with two attached hydrogens (primary N) is 1. The van der Waals surface area contributed by atoms with E-state index in [-0.39, 0.29) is 23.4 Å². The molecule has 0 bridgehead atoms. The van der Waals surface area contributed by atoms with Gasteiger partial charge in [0.1, 0.15) is 5.82 Å². The summed E-state index contributed by atoms with van der Waals surface area (Å²) in [5.41, 5.74) is 6.70. The van der Waals surface area contributed by atoms with Crippen LogP contribution in [-0.4, -0.2) is 17.3 Å². The minimum Gasteiger partial charge on any atom is -0.393 e. The van der Waals surface area contributed by atoms with E-state index in [1.165, 1.54) is 6.07 Å². The van der Waals surface area contributed by atoms with Gasteiger partial charge in [0.15, 0.2) is 0 Å². The Morgan fingerprint density at radius 1 is 1.39 bits per heavy atom. The van der Waals surface area contributed by atoms with Gasteiger partial charge in [-0.2, -0.15) is 0 Å². The van der Waals surface area contributed by atoms with Gasteiger partial charge in [-0.05, 0) is 43.7 Å². The van der Waals surface area contributed by atoms with Gasteiger partial charge in [0.25, 0.3) is 0 Å². The van der Waals surface area contributed by atoms with E-state index in [0.29, 0.717) is 12.8 Å². The van der Waals surface area contributed by atoms with Crippen LogP contribution >= 0.6 is 0 Å². The van der Waals surface area contributed by atoms with E-state index in [2.05, 4.69) is 0 Å². The lowest BCUT2D eigenvalue weighted by Gasteiger charge is -2.43. The standard InChI is InChI=1S/C15H22FNO/c1-2-14(17)15(9-7-11(18)8-10-15)12-5-3-4-6-13(12)16/h3-6,11,14,18H,2,7-10,17H2,1H3. The molecule has 1 saturated carbocycles. The third kappa shape index (κ3) is 2.29. The Morgan fingerprint density at radius 2 is 2.00 bits per heavy atom. The lowest BCUT2D eigenvalue weighted by atomic mass is 9.64. The zero-order valence-corrected chi connectivity index (χ0v) is 10.9. The SMILES string of the molecule is CCC(N)C1(c2ccccc2F)CCC(O)CC1. The second-order valence-corrected chi connectivity index (χ2v) is 5.38. The third-order valence-electron chi connectivity index (χ3n) is 4.41. The monoisotopic (exact) mass is 251 g/mol. The van der Waals surface area contributed by atoms with Gasteiger partial charge >= 0.3 is 0 Å². The average Bonchev–Trinajstić information content (AvgIpc) is 2.40. The first-order valence-corrected chi connectivity index (χ1v) is 6.79. The Labute approximate surface area is 108 Å². The van der Waals surface area contributed by atoms with Crippen LogP contribution in [0.15, 0.2) is 24.3 Å². The Kier molecular flexibility index (Phi) is 4.03. The van der Waals surface area contributed by atoms with E-state index in [4.69, 9.17) is 5.73 Å². The zero-order valence-electron chi connectivity index (χ0n) is 10.9. The van der Waals surface area contributed by atoms with Crippen molar-refractivity contribution >= 4 is 0 Å². The van der Waals surface area contributed by atoms with Gasteiger partial charge in [-0.15, -0.1) is 0 Å². The number of hydrogen-bond acceptors (Lipinski definition) is 2. The molecule has 0 spiro atoms. The maximum absolute atomic E-state index is 14.1. The Balaban J connectivity index is 2.40. The highest BCUT2D eigenvalue weighted by Crippen LogP contribution is 2.43. The van der Waals surface area contributed by atoms with Crippen LogP contribution in [-0.2, 0) is 5.41 Å². The molecule has 100 valence electrons. The Morgan fingerprint density at radius 3 is 2.56 bits per heavy atom. The van der Waals surface area contributed by atoms with Crippen LogP contribution in [0.1, 0.15) is 44.6 Å². The molecule has 3 heteroatoms. The predicted molar refractivity (Wildman–Crippen MR) is 70.8 cm³/mol. The molecule has 1 aromatic carbocycles. The van der Waals surface area contributed by atoms with Crippen molar-refractivity contribution in [3.8, 4) is 0 Å². The van der Waals surface area contributed by atoms with Gasteiger partial charge < -0.3 is 10.8 Å². The summed E-state index contributed by atoms with van der Waals surface area (Å²) in [6, 6.07) is 6.88. The number of aliphatic hydroxyl groups is 1. The first kappa shape index (κ1) is 13.5. The number of halogens is 1. The molecule has 18 heavy (non-hydrogen) atoms. The summed E-state index contributed by atoms with van der Waals surface area (Å²) in [4.78, 5) is 0. The van der Waals surface area contributed by atoms with Crippen LogP contribution in [0.3, 0.4) is 0 Å². The van der Waals surface area contributed by atoms with Crippen LogP contribution in [0.2, 0.25) is 0 Å². The van der Waals surface area contributed by atoms with Gasteiger partial charge in [0, 0.05) is 11.5 Å². The first-order valence-electron chi connectivity index (χ1n) is 6.79. The summed E-state index contributed by atoms with van der Waals surface area (Å²) in [7, 11) is 0. The fraction of sp³-hybridized carbons (Fsp3) is 0.600. The molecular formula is C15H22FNO. The zero-order chi connectivity index (χ0) is 13.2. The van der Waals surface area contributed by atoms with Crippen molar-refractivity contribution in [1.29, 1.82) is 0 Å². The average molecular weight is 251 g/mol. The van der Waals surface area contributed by atoms with Gasteiger partial charge in [0.2, 0.25) is 0 Å². The van der Waals surface area contributed by atoms with E-state index in [0.717, 1.165) is 24.8 Å². The highest BCUT2D eigenvalue weighted by Gasteiger charge is 2.42. The quantitative estimate of drug-likeness (QED) is 0.867. The van der Waals surface area contributed by atoms with E-state index in [9.17, 15) is 9.50 Å². The van der Waals surface area contributed by atoms with E-state index in [1.54, 1.807) is 6.07 Å². The van der Waals surface area contributed by atoms with Gasteiger partial charge in [0.05, 0.1) is 6.10 Å². The molecule has 1 fully saturated rings. The van der Waals surface area contributed by atoms with Crippen LogP contribution < -0.4 is 5.73 Å². The van der Waals surface area contributed by atoms with Crippen molar-refractivity contribution in [2.45, 2.75) is 56.6 Å². The number of benzene rings is 1. The summed E-state index contributed by atoms with van der Waals surface area (Å²) in [6.07, 6.45) is 3.52. The van der Waals surface area contributed by atoms with Crippen molar-refractivity contribution in [2.24, 2.45) is 5.73 Å². The molecule has 0 aromatic heterocycles. The van der Waals surface area contributed by atoms with Crippen LogP contribution in [0, 0.1) is 5.82 Å². The number of hydrogen-bond donors (Lipinski definition) is 2. The molecule has 2 rings (SSSR count). The van der Waals surface area contributed by atoms with E-state index < -0.39 is 0 Å². The minimum absolute atomic E-state index is 0.0538. The molecule has 0 heterocycles. The molecule has 3 N–H and O–H groups in total. The van der Waals surface area contributed by atoms with Crippen molar-refractivity contribution in [2.75, 3.05) is 0 Å². The third-order valence-corrected chi connectivity index (χ3v) is 4.41. The second kappa shape index (κ2) is 5.37. The second-order valence-electron chi connectivity index (χ2n) is 5.38. The van der Waals surface area contributed by atoms with Crippen molar-refractivity contribution < 1.29 is 9.50 Å². The number of rotatable bonds is 3. The summed E-state index contributed by atoms with van der Waals surface area (Å²) in [5, 5.41) is 9.68. The summed E-state index contributed by atoms with van der Waals surface area (Å²) in [5.74, 6) is -0.169. The minimum atomic E-state index is -0.306. The molecule has 1 aliphatic rings. The lowest BCUT2D eigenvalue weighted by molar-refractivity contribution is 0.0834. The normalized spacial score (nSPS) is 30.1. The van der Waals surface area contributed by atoms with Crippen LogP contribution in [0.4, 0.5) is 4.39 Å². The maximum Gasteiger partial charge on any atom is 0.127 e. The van der Waals surface area contributed by atoms with Crippen molar-refractivity contribution in [3.05, 3.63) is 35.6 Å². The Hall–Kier alpha value is -0.930. The summed E-state index contributed by atoms with van der Waals surface area (Å²) < 4.78 is 14.1. The molecule has 0 radical (unpaired) electrons. The molecule has 2 nitrogen and oxygen atoms in total.